The van der Waals surface area contributed by atoms with Crippen LogP contribution in [0, 0.1) is 26.1 Å². The van der Waals surface area contributed by atoms with E-state index in [4.69, 9.17) is 33.0 Å². The maximum atomic E-state index is 10.5. The van der Waals surface area contributed by atoms with Gasteiger partial charge in [0, 0.05) is 12.1 Å². The Morgan fingerprint density at radius 2 is 1.54 bits per heavy atom. The second-order valence-corrected chi connectivity index (χ2v) is 6.33. The molecule has 0 heterocycles. The zero-order chi connectivity index (χ0) is 19.3. The minimum Gasteiger partial charge on any atom is -0.506 e. The first kappa shape index (κ1) is 19.7. The molecule has 1 N–H and O–H groups in total. The quantitative estimate of drug-likeness (QED) is 0.557. The SMILES string of the molecule is O=[N+]([O-])c1ccc(Cl)c(O)c1.O=[N+]([O-])c1ccc(Cl)c(OCC2CC2)c1. The van der Waals surface area contributed by atoms with Crippen LogP contribution in [0.25, 0.3) is 0 Å². The van der Waals surface area contributed by atoms with E-state index in [0.717, 1.165) is 6.07 Å². The molecule has 2 aromatic carbocycles. The fourth-order valence-corrected chi connectivity index (χ4v) is 2.11. The number of phenols is 1. The van der Waals surface area contributed by atoms with E-state index in [-0.39, 0.29) is 22.1 Å². The lowest BCUT2D eigenvalue weighted by Gasteiger charge is -2.06. The number of non-ortho nitro benzene ring substituents is 2. The molecule has 10 heteroatoms. The van der Waals surface area contributed by atoms with Gasteiger partial charge in [-0.3, -0.25) is 20.2 Å². The minimum atomic E-state index is -0.601. The van der Waals surface area contributed by atoms with E-state index >= 15 is 0 Å². The maximum Gasteiger partial charge on any atom is 0.273 e. The van der Waals surface area contributed by atoms with Crippen LogP contribution in [0.2, 0.25) is 10.0 Å². The van der Waals surface area contributed by atoms with Crippen LogP contribution in [-0.4, -0.2) is 21.6 Å². The van der Waals surface area contributed by atoms with Gasteiger partial charge in [0.15, 0.2) is 0 Å². The van der Waals surface area contributed by atoms with Gasteiger partial charge in [0.25, 0.3) is 11.4 Å². The van der Waals surface area contributed by atoms with Gasteiger partial charge < -0.3 is 9.84 Å². The van der Waals surface area contributed by atoms with Gasteiger partial charge in [-0.25, -0.2) is 0 Å². The second-order valence-electron chi connectivity index (χ2n) is 5.52. The van der Waals surface area contributed by atoms with Crippen LogP contribution in [0.5, 0.6) is 11.5 Å². The van der Waals surface area contributed by atoms with Crippen LogP contribution in [0.1, 0.15) is 12.8 Å². The van der Waals surface area contributed by atoms with Crippen LogP contribution >= 0.6 is 23.2 Å². The Balaban J connectivity index is 0.000000197. The first-order valence-corrected chi connectivity index (χ1v) is 8.23. The number of rotatable bonds is 5. The predicted octanol–water partition coefficient (Wildman–Crippen LogP) is 4.99. The summed E-state index contributed by atoms with van der Waals surface area (Å²) in [6, 6.07) is 7.72. The number of hydrogen-bond donors (Lipinski definition) is 1. The minimum absolute atomic E-state index is 0.00481. The molecule has 0 radical (unpaired) electrons. The molecule has 0 saturated heterocycles. The zero-order valence-corrected chi connectivity index (χ0v) is 14.8. The van der Waals surface area contributed by atoms with Gasteiger partial charge in [0.1, 0.15) is 11.5 Å². The predicted molar refractivity (Wildman–Crippen MR) is 96.1 cm³/mol. The van der Waals surface area contributed by atoms with Gasteiger partial charge >= 0.3 is 0 Å². The van der Waals surface area contributed by atoms with E-state index in [1.807, 2.05) is 0 Å². The van der Waals surface area contributed by atoms with Crippen LogP contribution in [0.3, 0.4) is 0 Å². The number of benzene rings is 2. The topological polar surface area (TPSA) is 116 Å². The molecule has 138 valence electrons. The van der Waals surface area contributed by atoms with Crippen molar-refractivity contribution in [2.45, 2.75) is 12.8 Å². The number of nitrogens with zero attached hydrogens (tertiary/aromatic N) is 2. The number of ether oxygens (including phenoxy) is 1. The summed E-state index contributed by atoms with van der Waals surface area (Å²) in [5.74, 6) is 0.721. The van der Waals surface area contributed by atoms with Crippen molar-refractivity contribution in [3.63, 3.8) is 0 Å². The number of phenolic OH excluding ortho intramolecular Hbond substituents is 1. The van der Waals surface area contributed by atoms with Crippen molar-refractivity contribution in [3.8, 4) is 11.5 Å². The van der Waals surface area contributed by atoms with Gasteiger partial charge in [-0.1, -0.05) is 23.2 Å². The third-order valence-corrected chi connectivity index (χ3v) is 4.07. The first-order chi connectivity index (χ1) is 12.3. The molecule has 1 fully saturated rings. The molecule has 0 atom stereocenters. The van der Waals surface area contributed by atoms with Gasteiger partial charge in [-0.05, 0) is 30.9 Å². The Morgan fingerprint density at radius 3 is 2.04 bits per heavy atom. The van der Waals surface area contributed by atoms with E-state index in [0.29, 0.717) is 23.3 Å². The lowest BCUT2D eigenvalue weighted by Crippen LogP contribution is -2.00. The molecule has 26 heavy (non-hydrogen) atoms. The van der Waals surface area contributed by atoms with Crippen LogP contribution < -0.4 is 4.74 Å². The van der Waals surface area contributed by atoms with Crippen molar-refractivity contribution in [3.05, 3.63) is 66.7 Å². The van der Waals surface area contributed by atoms with E-state index in [2.05, 4.69) is 0 Å². The third kappa shape index (κ3) is 5.75. The van der Waals surface area contributed by atoms with Gasteiger partial charge in [-0.15, -0.1) is 0 Å². The van der Waals surface area contributed by atoms with E-state index in [1.54, 1.807) is 0 Å². The number of aromatic hydroxyl groups is 1. The van der Waals surface area contributed by atoms with Gasteiger partial charge in [-0.2, -0.15) is 0 Å². The molecule has 1 saturated carbocycles. The summed E-state index contributed by atoms with van der Waals surface area (Å²) >= 11 is 11.3. The Hall–Kier alpha value is -2.58. The molecule has 1 aliphatic rings. The van der Waals surface area contributed by atoms with Crippen molar-refractivity contribution in [1.29, 1.82) is 0 Å². The second kappa shape index (κ2) is 8.68. The molecule has 0 aliphatic heterocycles. The number of halogens is 2. The van der Waals surface area contributed by atoms with Crippen molar-refractivity contribution >= 4 is 34.6 Å². The summed E-state index contributed by atoms with van der Waals surface area (Å²) in [5.41, 5.74) is -0.169. The highest BCUT2D eigenvalue weighted by Crippen LogP contribution is 2.33. The molecule has 0 bridgehead atoms. The van der Waals surface area contributed by atoms with Gasteiger partial charge in [0.05, 0.1) is 38.6 Å². The van der Waals surface area contributed by atoms with Crippen LogP contribution in [0.15, 0.2) is 36.4 Å². The number of nitro groups is 2. The first-order valence-electron chi connectivity index (χ1n) is 7.47. The van der Waals surface area contributed by atoms with Crippen molar-refractivity contribution in [2.75, 3.05) is 6.61 Å². The van der Waals surface area contributed by atoms with Crippen molar-refractivity contribution < 1.29 is 19.7 Å². The van der Waals surface area contributed by atoms with Crippen LogP contribution in [0.4, 0.5) is 11.4 Å². The lowest BCUT2D eigenvalue weighted by atomic mass is 10.3. The monoisotopic (exact) mass is 400 g/mol. The van der Waals surface area contributed by atoms with Crippen LogP contribution in [-0.2, 0) is 0 Å². The third-order valence-electron chi connectivity index (χ3n) is 3.44. The fourth-order valence-electron chi connectivity index (χ4n) is 1.82. The van der Waals surface area contributed by atoms with E-state index < -0.39 is 9.85 Å². The summed E-state index contributed by atoms with van der Waals surface area (Å²) < 4.78 is 5.42. The highest BCUT2D eigenvalue weighted by atomic mass is 35.5. The summed E-state index contributed by atoms with van der Waals surface area (Å²) in [6.45, 7) is 0.598. The highest BCUT2D eigenvalue weighted by molar-refractivity contribution is 6.32. The summed E-state index contributed by atoms with van der Waals surface area (Å²) in [5, 5.41) is 30.1. The Labute approximate surface area is 158 Å². The Morgan fingerprint density at radius 1 is 1.00 bits per heavy atom. The molecule has 3 rings (SSSR count). The lowest BCUT2D eigenvalue weighted by molar-refractivity contribution is -0.385. The smallest absolute Gasteiger partial charge is 0.273 e. The largest absolute Gasteiger partial charge is 0.506 e. The number of hydrogen-bond acceptors (Lipinski definition) is 6. The zero-order valence-electron chi connectivity index (χ0n) is 13.3. The van der Waals surface area contributed by atoms with Crippen molar-refractivity contribution in [2.24, 2.45) is 5.92 Å². The summed E-state index contributed by atoms with van der Waals surface area (Å²) in [7, 11) is 0. The highest BCUT2D eigenvalue weighted by Gasteiger charge is 2.22. The van der Waals surface area contributed by atoms with Gasteiger partial charge in [0.2, 0.25) is 0 Å². The molecule has 0 aromatic heterocycles. The van der Waals surface area contributed by atoms with E-state index in [9.17, 15) is 20.2 Å². The average molecular weight is 401 g/mol. The summed E-state index contributed by atoms with van der Waals surface area (Å²) in [6.07, 6.45) is 2.35. The number of nitro benzene ring substituents is 2. The van der Waals surface area contributed by atoms with E-state index in [1.165, 1.54) is 43.2 Å². The Kier molecular flexibility index (Phi) is 6.59. The maximum absolute atomic E-state index is 10.5. The average Bonchev–Trinajstić information content (AvgIpc) is 3.41. The molecule has 8 nitrogen and oxygen atoms in total. The molecule has 0 amide bonds. The molecule has 0 unspecified atom stereocenters. The van der Waals surface area contributed by atoms with Crippen molar-refractivity contribution in [1.82, 2.24) is 0 Å². The Bertz CT molecular complexity index is 826. The fraction of sp³-hybridized carbons (Fsp3) is 0.250. The molecular weight excluding hydrogens is 387 g/mol. The molecule has 1 aliphatic carbocycles. The summed E-state index contributed by atoms with van der Waals surface area (Å²) in [4.78, 5) is 19.6. The molecule has 0 spiro atoms. The molecule has 2 aromatic rings. The molecular formula is C16H14Cl2N2O6. The normalized spacial score (nSPS) is 12.7. The standard InChI is InChI=1S/C10H10ClNO3.C6H4ClNO3/c11-9-4-3-8(12(13)14)5-10(9)15-6-7-1-2-7;7-5-2-1-4(8(10)11)3-6(5)9/h3-5,7H,1-2,6H2;1-3,9H.